The first-order chi connectivity index (χ1) is 15.8. The largest absolute Gasteiger partial charge is 0.493 e. The maximum atomic E-state index is 13.5. The van der Waals surface area contributed by atoms with Crippen molar-refractivity contribution in [3.05, 3.63) is 53.6 Å². The molecule has 1 aliphatic rings. The third-order valence-corrected chi connectivity index (χ3v) is 7.15. The Kier molecular flexibility index (Phi) is 8.61. The summed E-state index contributed by atoms with van der Waals surface area (Å²) in [7, 11) is -0.727. The normalized spacial score (nSPS) is 15.2. The van der Waals surface area contributed by atoms with Gasteiger partial charge in [-0.2, -0.15) is 0 Å². The maximum absolute atomic E-state index is 13.5. The van der Waals surface area contributed by atoms with Gasteiger partial charge < -0.3 is 14.8 Å². The van der Waals surface area contributed by atoms with Crippen molar-refractivity contribution >= 4 is 21.6 Å². The molecule has 7 nitrogen and oxygen atoms in total. The van der Waals surface area contributed by atoms with Gasteiger partial charge in [0.2, 0.25) is 10.0 Å². The summed E-state index contributed by atoms with van der Waals surface area (Å²) in [6, 6.07) is 12.5. The molecule has 0 aromatic heterocycles. The van der Waals surface area contributed by atoms with Crippen LogP contribution < -0.4 is 19.1 Å². The zero-order valence-electron chi connectivity index (χ0n) is 19.7. The number of ether oxygens (including phenoxy) is 2. The third kappa shape index (κ3) is 6.63. The van der Waals surface area contributed by atoms with Crippen LogP contribution in [0.2, 0.25) is 0 Å². The summed E-state index contributed by atoms with van der Waals surface area (Å²) in [5.41, 5.74) is 1.32. The van der Waals surface area contributed by atoms with Crippen LogP contribution in [0.4, 0.5) is 5.69 Å². The highest BCUT2D eigenvalue weighted by Gasteiger charge is 2.27. The first-order valence-electron chi connectivity index (χ1n) is 11.4. The predicted molar refractivity (Wildman–Crippen MR) is 131 cm³/mol. The van der Waals surface area contributed by atoms with Gasteiger partial charge in [-0.05, 0) is 24.5 Å². The minimum absolute atomic E-state index is 0.0690. The number of nitrogens with zero attached hydrogens (tertiary/aromatic N) is 1. The van der Waals surface area contributed by atoms with E-state index in [4.69, 9.17) is 9.47 Å². The van der Waals surface area contributed by atoms with Gasteiger partial charge in [-0.15, -0.1) is 0 Å². The molecule has 1 amide bonds. The molecule has 0 bridgehead atoms. The molecular formula is C25H34N2O5S. The lowest BCUT2D eigenvalue weighted by molar-refractivity contribution is 0.0930. The second-order valence-corrected chi connectivity index (χ2v) is 10.4. The molecule has 0 radical (unpaired) electrons. The van der Waals surface area contributed by atoms with Crippen LogP contribution in [0.3, 0.4) is 0 Å². The molecule has 0 unspecified atom stereocenters. The zero-order chi connectivity index (χ0) is 23.8. The van der Waals surface area contributed by atoms with Crippen molar-refractivity contribution in [1.82, 2.24) is 5.32 Å². The van der Waals surface area contributed by atoms with E-state index in [-0.39, 0.29) is 29.7 Å². The minimum Gasteiger partial charge on any atom is -0.493 e. The van der Waals surface area contributed by atoms with E-state index in [9.17, 15) is 13.2 Å². The number of amides is 1. The van der Waals surface area contributed by atoms with Gasteiger partial charge in [0.1, 0.15) is 0 Å². The van der Waals surface area contributed by atoms with Crippen LogP contribution in [0.5, 0.6) is 11.5 Å². The Balaban J connectivity index is 2.03. The molecule has 0 saturated heterocycles. The van der Waals surface area contributed by atoms with E-state index in [1.165, 1.54) is 37.8 Å². The topological polar surface area (TPSA) is 84.9 Å². The van der Waals surface area contributed by atoms with Crippen LogP contribution in [0.1, 0.15) is 60.9 Å². The highest BCUT2D eigenvalue weighted by molar-refractivity contribution is 7.92. The number of carbonyl (C=O) groups is 1. The van der Waals surface area contributed by atoms with E-state index < -0.39 is 10.0 Å². The van der Waals surface area contributed by atoms with E-state index in [1.54, 1.807) is 12.1 Å². The molecule has 8 heteroatoms. The lowest BCUT2D eigenvalue weighted by atomic mass is 9.96. The van der Waals surface area contributed by atoms with Crippen molar-refractivity contribution in [3.8, 4) is 11.5 Å². The first-order valence-corrected chi connectivity index (χ1v) is 13.3. The van der Waals surface area contributed by atoms with Crippen LogP contribution in [-0.2, 0) is 16.6 Å². The molecule has 33 heavy (non-hydrogen) atoms. The highest BCUT2D eigenvalue weighted by atomic mass is 32.2. The van der Waals surface area contributed by atoms with Crippen LogP contribution in [0.25, 0.3) is 0 Å². The van der Waals surface area contributed by atoms with Crippen LogP contribution in [-0.4, -0.2) is 40.8 Å². The molecule has 1 fully saturated rings. The van der Waals surface area contributed by atoms with Gasteiger partial charge in [-0.3, -0.25) is 9.10 Å². The van der Waals surface area contributed by atoms with Crippen LogP contribution in [0, 0.1) is 0 Å². The Morgan fingerprint density at radius 2 is 1.55 bits per heavy atom. The second-order valence-electron chi connectivity index (χ2n) is 8.50. The van der Waals surface area contributed by atoms with Crippen molar-refractivity contribution < 1.29 is 22.7 Å². The smallest absolute Gasteiger partial charge is 0.253 e. The Hall–Kier alpha value is -2.74. The zero-order valence-corrected chi connectivity index (χ0v) is 20.5. The number of nitrogens with one attached hydrogen (secondary N) is 1. The van der Waals surface area contributed by atoms with Gasteiger partial charge in [0.25, 0.3) is 5.91 Å². The van der Waals surface area contributed by atoms with E-state index >= 15 is 0 Å². The van der Waals surface area contributed by atoms with Crippen LogP contribution in [0.15, 0.2) is 42.5 Å². The quantitative estimate of drug-likeness (QED) is 0.608. The summed E-state index contributed by atoms with van der Waals surface area (Å²) in [4.78, 5) is 13.5. The van der Waals surface area contributed by atoms with Gasteiger partial charge in [0, 0.05) is 12.1 Å². The van der Waals surface area contributed by atoms with Crippen molar-refractivity contribution in [1.29, 1.82) is 0 Å². The second kappa shape index (κ2) is 11.4. The number of hydrogen-bond donors (Lipinski definition) is 1. The van der Waals surface area contributed by atoms with Gasteiger partial charge in [0.15, 0.2) is 11.5 Å². The molecule has 0 heterocycles. The standard InChI is InChI=1S/C25H34N2O5S/c1-31-23-16-21(25(28)26-20-14-10-5-4-6-11-15-20)22(17-24(23)32-2)27(33(3,29)30)18-19-12-8-7-9-13-19/h7-9,12-13,16-17,20H,4-6,10-11,14-15,18H2,1-3H3,(H,26,28). The fourth-order valence-electron chi connectivity index (χ4n) is 4.25. The predicted octanol–water partition coefficient (Wildman–Crippen LogP) is 4.51. The molecule has 1 aliphatic carbocycles. The van der Waals surface area contributed by atoms with Crippen LogP contribution >= 0.6 is 0 Å². The Morgan fingerprint density at radius 1 is 0.970 bits per heavy atom. The highest BCUT2D eigenvalue weighted by Crippen LogP contribution is 2.37. The summed E-state index contributed by atoms with van der Waals surface area (Å²) < 4.78 is 37.8. The Morgan fingerprint density at radius 3 is 2.12 bits per heavy atom. The monoisotopic (exact) mass is 474 g/mol. The lowest BCUT2D eigenvalue weighted by Crippen LogP contribution is -2.37. The molecule has 180 valence electrons. The molecule has 2 aromatic rings. The summed E-state index contributed by atoms with van der Waals surface area (Å²) in [5.74, 6) is 0.423. The number of hydrogen-bond acceptors (Lipinski definition) is 5. The summed E-state index contributed by atoms with van der Waals surface area (Å²) >= 11 is 0. The van der Waals surface area contributed by atoms with Gasteiger partial charge in [-0.1, -0.05) is 62.4 Å². The minimum atomic E-state index is -3.70. The first kappa shape index (κ1) is 24.9. The van der Waals surface area contributed by atoms with Crippen molar-refractivity contribution in [2.75, 3.05) is 24.8 Å². The number of methoxy groups -OCH3 is 2. The van der Waals surface area contributed by atoms with Crippen molar-refractivity contribution in [3.63, 3.8) is 0 Å². The van der Waals surface area contributed by atoms with Gasteiger partial charge in [0.05, 0.1) is 38.3 Å². The number of carbonyl (C=O) groups excluding carboxylic acids is 1. The molecule has 0 aliphatic heterocycles. The van der Waals surface area contributed by atoms with Crippen molar-refractivity contribution in [2.45, 2.75) is 57.5 Å². The Labute approximate surface area is 197 Å². The molecule has 0 spiro atoms. The van der Waals surface area contributed by atoms with Crippen molar-refractivity contribution in [2.24, 2.45) is 0 Å². The fourth-order valence-corrected chi connectivity index (χ4v) is 5.14. The average molecular weight is 475 g/mol. The number of sulfonamides is 1. The summed E-state index contributed by atoms with van der Waals surface area (Å²) in [5, 5.41) is 3.15. The summed E-state index contributed by atoms with van der Waals surface area (Å²) in [6.45, 7) is 0.0961. The number of benzene rings is 2. The van der Waals surface area contributed by atoms with E-state index in [2.05, 4.69) is 5.32 Å². The molecule has 1 N–H and O–H groups in total. The van der Waals surface area contributed by atoms with E-state index in [0.717, 1.165) is 37.5 Å². The fraction of sp³-hybridized carbons (Fsp3) is 0.480. The maximum Gasteiger partial charge on any atom is 0.253 e. The SMILES string of the molecule is COc1cc(C(=O)NC2CCCCCCC2)c(N(Cc2ccccc2)S(C)(=O)=O)cc1OC. The summed E-state index contributed by atoms with van der Waals surface area (Å²) in [6.07, 6.45) is 8.73. The third-order valence-electron chi connectivity index (χ3n) is 6.02. The van der Waals surface area contributed by atoms with Gasteiger partial charge >= 0.3 is 0 Å². The Bertz CT molecular complexity index is 1030. The molecule has 3 rings (SSSR count). The lowest BCUT2D eigenvalue weighted by Gasteiger charge is -2.27. The molecule has 2 aromatic carbocycles. The van der Waals surface area contributed by atoms with E-state index in [0.29, 0.717) is 11.5 Å². The van der Waals surface area contributed by atoms with E-state index in [1.807, 2.05) is 30.3 Å². The molecular weight excluding hydrogens is 440 g/mol. The molecule has 0 atom stereocenters. The van der Waals surface area contributed by atoms with Gasteiger partial charge in [-0.25, -0.2) is 8.42 Å². The number of anilines is 1. The number of rotatable bonds is 8. The average Bonchev–Trinajstić information content (AvgIpc) is 2.78. The molecule has 1 saturated carbocycles.